The van der Waals surface area contributed by atoms with E-state index in [1.807, 2.05) is 18.2 Å². The molecule has 0 saturated carbocycles. The van der Waals surface area contributed by atoms with Gasteiger partial charge in [0.25, 0.3) is 0 Å². The van der Waals surface area contributed by atoms with Crippen LogP contribution in [0.1, 0.15) is 5.56 Å². The molecule has 5 heteroatoms. The quantitative estimate of drug-likeness (QED) is 0.768. The molecule has 1 aliphatic heterocycles. The van der Waals surface area contributed by atoms with E-state index in [1.54, 1.807) is 7.05 Å². The van der Waals surface area contributed by atoms with Gasteiger partial charge in [-0.1, -0.05) is 0 Å². The third kappa shape index (κ3) is 2.25. The van der Waals surface area contributed by atoms with Crippen molar-refractivity contribution < 1.29 is 14.6 Å². The highest BCUT2D eigenvalue weighted by Crippen LogP contribution is 2.29. The number of aliphatic hydroxyl groups is 1. The van der Waals surface area contributed by atoms with Crippen LogP contribution < -0.4 is 15.4 Å². The molecular formula is C12H16N2O3. The van der Waals surface area contributed by atoms with Gasteiger partial charge in [-0.05, 0) is 23.8 Å². The van der Waals surface area contributed by atoms with Gasteiger partial charge < -0.3 is 20.5 Å². The molecule has 1 aliphatic rings. The molecule has 0 spiro atoms. The van der Waals surface area contributed by atoms with Gasteiger partial charge >= 0.3 is 0 Å². The first-order chi connectivity index (χ1) is 8.13. The minimum atomic E-state index is -0.871. The number of anilines is 1. The summed E-state index contributed by atoms with van der Waals surface area (Å²) < 4.78 is 5.39. The average Bonchev–Trinajstić information content (AvgIpc) is 2.83. The van der Waals surface area contributed by atoms with Crippen molar-refractivity contribution in [2.75, 3.05) is 25.2 Å². The molecular weight excluding hydrogens is 220 g/mol. The maximum atomic E-state index is 11.8. The summed E-state index contributed by atoms with van der Waals surface area (Å²) in [5, 5.41) is 8.86. The van der Waals surface area contributed by atoms with Crippen molar-refractivity contribution >= 4 is 11.6 Å². The first-order valence-corrected chi connectivity index (χ1v) is 5.53. The highest BCUT2D eigenvalue weighted by atomic mass is 16.5. The van der Waals surface area contributed by atoms with Crippen molar-refractivity contribution in [3.63, 3.8) is 0 Å². The molecule has 0 aromatic heterocycles. The molecule has 3 N–H and O–H groups in total. The van der Waals surface area contributed by atoms with Crippen molar-refractivity contribution in [1.29, 1.82) is 0 Å². The zero-order chi connectivity index (χ0) is 12.4. The van der Waals surface area contributed by atoms with E-state index in [0.717, 1.165) is 23.4 Å². The Kier molecular flexibility index (Phi) is 3.31. The number of hydrogen-bond acceptors (Lipinski definition) is 4. The van der Waals surface area contributed by atoms with Gasteiger partial charge in [0, 0.05) is 19.2 Å². The number of likely N-dealkylation sites (N-methyl/N-ethyl adjacent to an activating group) is 1. The fraction of sp³-hybridized carbons (Fsp3) is 0.417. The number of fused-ring (bicyclic) bond motifs is 1. The molecule has 0 aliphatic carbocycles. The van der Waals surface area contributed by atoms with Crippen LogP contribution in [-0.4, -0.2) is 37.3 Å². The number of nitrogens with zero attached hydrogens (tertiary/aromatic N) is 1. The molecule has 1 heterocycles. The average molecular weight is 236 g/mol. The maximum Gasteiger partial charge on any atom is 0.246 e. The van der Waals surface area contributed by atoms with Crippen molar-refractivity contribution in [2.24, 2.45) is 5.73 Å². The summed E-state index contributed by atoms with van der Waals surface area (Å²) in [6.45, 7) is 0.337. The van der Waals surface area contributed by atoms with E-state index < -0.39 is 6.04 Å². The molecule has 1 unspecified atom stereocenters. The number of carbonyl (C=O) groups excluding carboxylic acids is 1. The summed E-state index contributed by atoms with van der Waals surface area (Å²) in [6, 6.07) is 4.71. The zero-order valence-electron chi connectivity index (χ0n) is 9.72. The monoisotopic (exact) mass is 236 g/mol. The second-order valence-electron chi connectivity index (χ2n) is 4.08. The number of nitrogens with two attached hydrogens (primary N) is 1. The molecule has 0 saturated heterocycles. The fourth-order valence-electron chi connectivity index (χ4n) is 1.84. The van der Waals surface area contributed by atoms with Crippen molar-refractivity contribution in [1.82, 2.24) is 0 Å². The summed E-state index contributed by atoms with van der Waals surface area (Å²) >= 11 is 0. The van der Waals surface area contributed by atoms with Crippen LogP contribution in [-0.2, 0) is 11.2 Å². The molecule has 0 bridgehead atoms. The van der Waals surface area contributed by atoms with Crippen molar-refractivity contribution in [2.45, 2.75) is 12.5 Å². The van der Waals surface area contributed by atoms with Gasteiger partial charge in [-0.2, -0.15) is 0 Å². The largest absolute Gasteiger partial charge is 0.493 e. The number of rotatable bonds is 3. The van der Waals surface area contributed by atoms with Crippen LogP contribution in [0.25, 0.3) is 0 Å². The third-order valence-corrected chi connectivity index (χ3v) is 2.90. The maximum absolute atomic E-state index is 11.8. The van der Waals surface area contributed by atoms with E-state index in [-0.39, 0.29) is 12.5 Å². The van der Waals surface area contributed by atoms with E-state index in [4.69, 9.17) is 15.6 Å². The second-order valence-corrected chi connectivity index (χ2v) is 4.08. The van der Waals surface area contributed by atoms with Crippen LogP contribution in [0.2, 0.25) is 0 Å². The molecule has 1 aromatic carbocycles. The summed E-state index contributed by atoms with van der Waals surface area (Å²) in [7, 11) is 1.65. The van der Waals surface area contributed by atoms with E-state index in [0.29, 0.717) is 6.61 Å². The number of aliphatic hydroxyl groups excluding tert-OH is 1. The Morgan fingerprint density at radius 1 is 1.65 bits per heavy atom. The van der Waals surface area contributed by atoms with Gasteiger partial charge in [-0.3, -0.25) is 4.79 Å². The molecule has 1 aromatic rings. The predicted molar refractivity (Wildman–Crippen MR) is 64.1 cm³/mol. The van der Waals surface area contributed by atoms with Gasteiger partial charge in [0.05, 0.1) is 13.2 Å². The first kappa shape index (κ1) is 11.9. The molecule has 0 fully saturated rings. The van der Waals surface area contributed by atoms with E-state index in [1.165, 1.54) is 4.90 Å². The van der Waals surface area contributed by atoms with Crippen LogP contribution in [0.15, 0.2) is 18.2 Å². The van der Waals surface area contributed by atoms with Gasteiger partial charge in [-0.15, -0.1) is 0 Å². The summed E-state index contributed by atoms with van der Waals surface area (Å²) in [4.78, 5) is 13.2. The standard InChI is InChI=1S/C12H16N2O3/c1-14(12(16)10(13)7-15)9-2-3-11-8(6-9)4-5-17-11/h2-3,6,10,15H,4-5,7,13H2,1H3. The Balaban J connectivity index is 2.20. The highest BCUT2D eigenvalue weighted by molar-refractivity contribution is 5.96. The smallest absolute Gasteiger partial charge is 0.246 e. The van der Waals surface area contributed by atoms with Crippen molar-refractivity contribution in [3.05, 3.63) is 23.8 Å². The molecule has 17 heavy (non-hydrogen) atoms. The summed E-state index contributed by atoms with van der Waals surface area (Å²) in [5.74, 6) is 0.576. The number of amides is 1. The Bertz CT molecular complexity index is 434. The number of hydrogen-bond donors (Lipinski definition) is 2. The second kappa shape index (κ2) is 4.73. The lowest BCUT2D eigenvalue weighted by atomic mass is 10.1. The summed E-state index contributed by atoms with van der Waals surface area (Å²) in [5.41, 5.74) is 7.37. The molecule has 2 rings (SSSR count). The number of ether oxygens (including phenoxy) is 1. The molecule has 0 radical (unpaired) electrons. The Hall–Kier alpha value is -1.59. The fourth-order valence-corrected chi connectivity index (χ4v) is 1.84. The van der Waals surface area contributed by atoms with Crippen LogP contribution in [0, 0.1) is 0 Å². The van der Waals surface area contributed by atoms with Gasteiger partial charge in [-0.25, -0.2) is 0 Å². The molecule has 1 amide bonds. The van der Waals surface area contributed by atoms with Gasteiger partial charge in [0.15, 0.2) is 0 Å². The SMILES string of the molecule is CN(C(=O)C(N)CO)c1ccc2c(c1)CCO2. The van der Waals surface area contributed by atoms with Crippen LogP contribution >= 0.6 is 0 Å². The summed E-state index contributed by atoms with van der Waals surface area (Å²) in [6.07, 6.45) is 0.858. The Morgan fingerprint density at radius 3 is 3.12 bits per heavy atom. The van der Waals surface area contributed by atoms with E-state index in [2.05, 4.69) is 0 Å². The number of benzene rings is 1. The number of carbonyl (C=O) groups is 1. The molecule has 5 nitrogen and oxygen atoms in total. The first-order valence-electron chi connectivity index (χ1n) is 5.53. The van der Waals surface area contributed by atoms with Crippen LogP contribution in [0.3, 0.4) is 0 Å². The molecule has 92 valence electrons. The van der Waals surface area contributed by atoms with Gasteiger partial charge in [0.1, 0.15) is 11.8 Å². The van der Waals surface area contributed by atoms with Crippen LogP contribution in [0.4, 0.5) is 5.69 Å². The minimum absolute atomic E-state index is 0.300. The Labute approximate surface area is 99.8 Å². The zero-order valence-corrected chi connectivity index (χ0v) is 9.72. The molecule has 1 atom stereocenters. The van der Waals surface area contributed by atoms with E-state index >= 15 is 0 Å². The van der Waals surface area contributed by atoms with Gasteiger partial charge in [0.2, 0.25) is 5.91 Å². The predicted octanol–water partition coefficient (Wildman–Crippen LogP) is -0.0961. The topological polar surface area (TPSA) is 75.8 Å². The lowest BCUT2D eigenvalue weighted by Crippen LogP contribution is -2.44. The normalized spacial score (nSPS) is 15.0. The van der Waals surface area contributed by atoms with Crippen molar-refractivity contribution in [3.8, 4) is 5.75 Å². The Morgan fingerprint density at radius 2 is 2.41 bits per heavy atom. The third-order valence-electron chi connectivity index (χ3n) is 2.90. The highest BCUT2D eigenvalue weighted by Gasteiger charge is 2.20. The van der Waals surface area contributed by atoms with Crippen LogP contribution in [0.5, 0.6) is 5.75 Å². The lowest BCUT2D eigenvalue weighted by Gasteiger charge is -2.20. The minimum Gasteiger partial charge on any atom is -0.493 e. The lowest BCUT2D eigenvalue weighted by molar-refractivity contribution is -0.120. The van der Waals surface area contributed by atoms with E-state index in [9.17, 15) is 4.79 Å².